The molecule has 1 saturated carbocycles. The lowest BCUT2D eigenvalue weighted by Crippen LogP contribution is -2.53. The van der Waals surface area contributed by atoms with Crippen molar-refractivity contribution in [3.63, 3.8) is 0 Å². The van der Waals surface area contributed by atoms with Crippen LogP contribution in [-0.2, 0) is 26.2 Å². The highest BCUT2D eigenvalue weighted by atomic mass is 32.2. The summed E-state index contributed by atoms with van der Waals surface area (Å²) in [5.74, 6) is -0.0933. The third-order valence-corrected chi connectivity index (χ3v) is 9.60. The second-order valence-corrected chi connectivity index (χ2v) is 12.6. The number of benzene rings is 3. The van der Waals surface area contributed by atoms with Gasteiger partial charge >= 0.3 is 0 Å². The van der Waals surface area contributed by atoms with Crippen LogP contribution < -0.4 is 19.1 Å². The monoisotopic (exact) mass is 607 g/mol. The summed E-state index contributed by atoms with van der Waals surface area (Å²) in [5.41, 5.74) is 2.05. The van der Waals surface area contributed by atoms with Gasteiger partial charge in [-0.25, -0.2) is 8.42 Å². The average molecular weight is 608 g/mol. The number of methoxy groups -OCH3 is 2. The molecule has 0 bridgehead atoms. The highest BCUT2D eigenvalue weighted by Crippen LogP contribution is 2.36. The molecule has 3 aromatic carbocycles. The van der Waals surface area contributed by atoms with Gasteiger partial charge in [0.25, 0.3) is 10.0 Å². The summed E-state index contributed by atoms with van der Waals surface area (Å²) in [6.07, 6.45) is 4.30. The molecule has 0 spiro atoms. The van der Waals surface area contributed by atoms with Crippen molar-refractivity contribution in [1.82, 2.24) is 10.2 Å². The zero-order valence-electron chi connectivity index (χ0n) is 25.3. The van der Waals surface area contributed by atoms with Crippen LogP contribution in [0, 0.1) is 6.92 Å². The fraction of sp³-hybridized carbons (Fsp3) is 0.394. The molecule has 1 fully saturated rings. The van der Waals surface area contributed by atoms with Gasteiger partial charge in [0.15, 0.2) is 0 Å². The van der Waals surface area contributed by atoms with E-state index in [9.17, 15) is 18.0 Å². The third-order valence-electron chi connectivity index (χ3n) is 7.83. The molecule has 1 N–H and O–H groups in total. The van der Waals surface area contributed by atoms with Crippen molar-refractivity contribution in [2.24, 2.45) is 0 Å². The van der Waals surface area contributed by atoms with Crippen molar-refractivity contribution in [1.29, 1.82) is 0 Å². The second-order valence-electron chi connectivity index (χ2n) is 10.8. The van der Waals surface area contributed by atoms with E-state index in [-0.39, 0.29) is 34.8 Å². The summed E-state index contributed by atoms with van der Waals surface area (Å²) in [5, 5.41) is 3.13. The van der Waals surface area contributed by atoms with Gasteiger partial charge in [-0.2, -0.15) is 0 Å². The van der Waals surface area contributed by atoms with E-state index in [2.05, 4.69) is 5.32 Å². The average Bonchev–Trinajstić information content (AvgIpc) is 3.53. The first-order valence-corrected chi connectivity index (χ1v) is 16.1. The molecule has 43 heavy (non-hydrogen) atoms. The lowest BCUT2D eigenvalue weighted by atomic mass is 10.1. The summed E-state index contributed by atoms with van der Waals surface area (Å²) in [4.78, 5) is 29.5. The van der Waals surface area contributed by atoms with Gasteiger partial charge in [-0.15, -0.1) is 0 Å². The van der Waals surface area contributed by atoms with E-state index in [0.29, 0.717) is 12.2 Å². The molecule has 0 aromatic heterocycles. The lowest BCUT2D eigenvalue weighted by molar-refractivity contribution is -0.140. The number of hydrogen-bond donors (Lipinski definition) is 1. The highest BCUT2D eigenvalue weighted by Gasteiger charge is 2.35. The maximum Gasteiger partial charge on any atom is 0.264 e. The van der Waals surface area contributed by atoms with E-state index in [0.717, 1.165) is 41.1 Å². The molecule has 0 radical (unpaired) electrons. The molecule has 0 aliphatic heterocycles. The Hall–Kier alpha value is -4.05. The summed E-state index contributed by atoms with van der Waals surface area (Å²) in [6.45, 7) is 3.42. The fourth-order valence-corrected chi connectivity index (χ4v) is 6.84. The Morgan fingerprint density at radius 3 is 2.23 bits per heavy atom. The molecule has 0 saturated heterocycles. The van der Waals surface area contributed by atoms with Gasteiger partial charge < -0.3 is 19.7 Å². The van der Waals surface area contributed by atoms with E-state index in [1.165, 1.54) is 37.3 Å². The van der Waals surface area contributed by atoms with Crippen molar-refractivity contribution in [3.05, 3.63) is 83.9 Å². The van der Waals surface area contributed by atoms with E-state index >= 15 is 0 Å². The standard InChI is InChI=1S/C33H41N3O6S/c1-5-29(33(38)34-26-11-9-10-12-26)35(22-25-17-15-24(2)16-18-25)32(37)23-36(43(39,40)28-13-7-6-8-14-28)30-21-27(41-3)19-20-31(30)42-4/h6-8,13-21,26,29H,5,9-12,22-23H2,1-4H3,(H,34,38)/t29-/m1/s1. The van der Waals surface area contributed by atoms with Crippen molar-refractivity contribution in [3.8, 4) is 11.5 Å². The zero-order valence-corrected chi connectivity index (χ0v) is 26.1. The van der Waals surface area contributed by atoms with Crippen LogP contribution in [-0.4, -0.2) is 58.0 Å². The van der Waals surface area contributed by atoms with Crippen molar-refractivity contribution < 1.29 is 27.5 Å². The van der Waals surface area contributed by atoms with Crippen LogP contribution in [0.1, 0.15) is 50.2 Å². The molecule has 9 nitrogen and oxygen atoms in total. The van der Waals surface area contributed by atoms with Gasteiger partial charge in [0.1, 0.15) is 24.1 Å². The summed E-state index contributed by atoms with van der Waals surface area (Å²) in [6, 6.07) is 19.7. The third kappa shape index (κ3) is 7.67. The predicted molar refractivity (Wildman–Crippen MR) is 167 cm³/mol. The molecule has 230 valence electrons. The van der Waals surface area contributed by atoms with Crippen LogP contribution in [0.4, 0.5) is 5.69 Å². The number of hydrogen-bond acceptors (Lipinski definition) is 6. The maximum absolute atomic E-state index is 14.3. The Kier molecular flexibility index (Phi) is 10.7. The van der Waals surface area contributed by atoms with Gasteiger partial charge in [-0.3, -0.25) is 13.9 Å². The molecule has 1 aliphatic rings. The minimum absolute atomic E-state index is 0.0174. The number of anilines is 1. The van der Waals surface area contributed by atoms with E-state index in [1.807, 2.05) is 38.1 Å². The molecule has 4 rings (SSSR count). The Bertz CT molecular complexity index is 1490. The maximum atomic E-state index is 14.3. The molecule has 2 amide bonds. The molecule has 3 aromatic rings. The quantitative estimate of drug-likeness (QED) is 0.291. The molecule has 10 heteroatoms. The molecular weight excluding hydrogens is 566 g/mol. The number of nitrogens with one attached hydrogen (secondary N) is 1. The van der Waals surface area contributed by atoms with E-state index < -0.39 is 28.5 Å². The van der Waals surface area contributed by atoms with Crippen LogP contribution >= 0.6 is 0 Å². The number of ether oxygens (including phenoxy) is 2. The molecule has 1 aliphatic carbocycles. The van der Waals surface area contributed by atoms with E-state index in [4.69, 9.17) is 9.47 Å². The number of amides is 2. The van der Waals surface area contributed by atoms with Crippen LogP contribution in [0.3, 0.4) is 0 Å². The first-order valence-electron chi connectivity index (χ1n) is 14.6. The van der Waals surface area contributed by atoms with Crippen molar-refractivity contribution in [2.75, 3.05) is 25.1 Å². The van der Waals surface area contributed by atoms with Crippen LogP contribution in [0.5, 0.6) is 11.5 Å². The largest absolute Gasteiger partial charge is 0.497 e. The van der Waals surface area contributed by atoms with Crippen LogP contribution in [0.15, 0.2) is 77.7 Å². The smallest absolute Gasteiger partial charge is 0.264 e. The molecule has 0 heterocycles. The lowest BCUT2D eigenvalue weighted by Gasteiger charge is -2.34. The van der Waals surface area contributed by atoms with Gasteiger partial charge in [-0.1, -0.05) is 67.8 Å². The summed E-state index contributed by atoms with van der Waals surface area (Å²) >= 11 is 0. The van der Waals surface area contributed by atoms with Gasteiger partial charge in [0, 0.05) is 18.7 Å². The summed E-state index contributed by atoms with van der Waals surface area (Å²) < 4.78 is 40.2. The molecule has 1 atom stereocenters. The Morgan fingerprint density at radius 2 is 1.63 bits per heavy atom. The SMILES string of the molecule is CC[C@H](C(=O)NC1CCCC1)N(Cc1ccc(C)cc1)C(=O)CN(c1cc(OC)ccc1OC)S(=O)(=O)c1ccccc1. The fourth-order valence-electron chi connectivity index (χ4n) is 5.40. The molecule has 0 unspecified atom stereocenters. The van der Waals surface area contributed by atoms with Crippen molar-refractivity contribution in [2.45, 2.75) is 69.5 Å². The normalized spacial score (nSPS) is 14.1. The topological polar surface area (TPSA) is 105 Å². The Morgan fingerprint density at radius 1 is 0.953 bits per heavy atom. The number of carbonyl (C=O) groups excluding carboxylic acids is 2. The predicted octanol–water partition coefficient (Wildman–Crippen LogP) is 5.07. The van der Waals surface area contributed by atoms with Crippen molar-refractivity contribution >= 4 is 27.5 Å². The minimum Gasteiger partial charge on any atom is -0.497 e. The Balaban J connectivity index is 1.77. The first-order chi connectivity index (χ1) is 20.7. The first kappa shape index (κ1) is 31.9. The molecular formula is C33H41N3O6S. The Labute approximate surface area is 254 Å². The number of sulfonamides is 1. The van der Waals surface area contributed by atoms with Gasteiger partial charge in [0.2, 0.25) is 11.8 Å². The second kappa shape index (κ2) is 14.4. The van der Waals surface area contributed by atoms with Crippen LogP contribution in [0.2, 0.25) is 0 Å². The van der Waals surface area contributed by atoms with Crippen LogP contribution in [0.25, 0.3) is 0 Å². The van der Waals surface area contributed by atoms with Gasteiger partial charge in [0.05, 0.1) is 24.8 Å². The number of nitrogens with zero attached hydrogens (tertiary/aromatic N) is 2. The zero-order chi connectivity index (χ0) is 31.0. The number of aryl methyl sites for hydroxylation is 1. The highest BCUT2D eigenvalue weighted by molar-refractivity contribution is 7.92. The summed E-state index contributed by atoms with van der Waals surface area (Å²) in [7, 11) is -1.33. The number of rotatable bonds is 13. The minimum atomic E-state index is -4.24. The number of carbonyl (C=O) groups is 2. The van der Waals surface area contributed by atoms with Gasteiger partial charge in [-0.05, 0) is 56.0 Å². The van der Waals surface area contributed by atoms with E-state index in [1.54, 1.807) is 30.3 Å².